The van der Waals surface area contributed by atoms with Crippen molar-refractivity contribution in [2.45, 2.75) is 0 Å². The minimum atomic E-state index is -0.440. The van der Waals surface area contributed by atoms with Gasteiger partial charge in [0, 0.05) is 23.5 Å². The number of halogens is 1. The quantitative estimate of drug-likeness (QED) is 0.764. The number of ether oxygens (including phenoxy) is 1. The number of nitrogens with two attached hydrogens (primary N) is 1. The van der Waals surface area contributed by atoms with Crippen LogP contribution in [0.25, 0.3) is 16.8 Å². The molecule has 96 valence electrons. The topological polar surface area (TPSA) is 65.4 Å². The summed E-state index contributed by atoms with van der Waals surface area (Å²) in [7, 11) is 1.57. The first-order valence-corrected chi connectivity index (χ1v) is 5.62. The minimum Gasteiger partial charge on any atom is -0.482 e. The van der Waals surface area contributed by atoms with Gasteiger partial charge in [0.25, 0.3) is 0 Å². The van der Waals surface area contributed by atoms with Gasteiger partial charge in [-0.1, -0.05) is 0 Å². The molecule has 0 aromatic carbocycles. The molecule has 0 aliphatic rings. The van der Waals surface area contributed by atoms with Gasteiger partial charge >= 0.3 is 0 Å². The summed E-state index contributed by atoms with van der Waals surface area (Å²) in [6, 6.07) is 4.99. The Labute approximate surface area is 108 Å². The fourth-order valence-corrected chi connectivity index (χ4v) is 2.03. The van der Waals surface area contributed by atoms with Gasteiger partial charge in [-0.25, -0.2) is 14.4 Å². The second-order valence-electron chi connectivity index (χ2n) is 4.00. The fraction of sp³-hybridized carbons (Fsp3) is 0.0769. The molecule has 3 rings (SSSR count). The summed E-state index contributed by atoms with van der Waals surface area (Å²) in [6.07, 6.45) is 4.48. The lowest BCUT2D eigenvalue weighted by atomic mass is 10.1. The van der Waals surface area contributed by atoms with Crippen molar-refractivity contribution in [3.63, 3.8) is 0 Å². The van der Waals surface area contributed by atoms with Crippen LogP contribution in [0.4, 0.5) is 10.2 Å². The summed E-state index contributed by atoms with van der Waals surface area (Å²) in [4.78, 5) is 7.95. The molecule has 0 unspecified atom stereocenters. The van der Waals surface area contributed by atoms with E-state index in [2.05, 4.69) is 9.97 Å². The van der Waals surface area contributed by atoms with Gasteiger partial charge in [0.15, 0.2) is 5.88 Å². The number of hydrogen-bond donors (Lipinski definition) is 1. The maximum Gasteiger partial charge on any atom is 0.199 e. The van der Waals surface area contributed by atoms with Crippen LogP contribution < -0.4 is 10.5 Å². The van der Waals surface area contributed by atoms with Crippen LogP contribution in [-0.4, -0.2) is 21.5 Å². The summed E-state index contributed by atoms with van der Waals surface area (Å²) in [5.41, 5.74) is 7.21. The maximum absolute atomic E-state index is 13.9. The average Bonchev–Trinajstić information content (AvgIpc) is 2.90. The Morgan fingerprint density at radius 1 is 1.26 bits per heavy atom. The minimum absolute atomic E-state index is 0.261. The SMILES string of the molecule is COc1ccc(-c2cc(N)ncc2F)c2nccn12. The first-order valence-electron chi connectivity index (χ1n) is 5.62. The smallest absolute Gasteiger partial charge is 0.199 e. The third kappa shape index (κ3) is 1.77. The van der Waals surface area contributed by atoms with Crippen LogP contribution in [0.15, 0.2) is 36.8 Å². The van der Waals surface area contributed by atoms with Crippen LogP contribution in [0.1, 0.15) is 0 Å². The van der Waals surface area contributed by atoms with Crippen LogP contribution in [-0.2, 0) is 0 Å². The molecule has 0 aliphatic heterocycles. The second-order valence-corrected chi connectivity index (χ2v) is 4.00. The van der Waals surface area contributed by atoms with Crippen molar-refractivity contribution in [2.75, 3.05) is 12.8 Å². The lowest BCUT2D eigenvalue weighted by molar-refractivity contribution is 0.392. The van der Waals surface area contributed by atoms with Crippen LogP contribution in [0, 0.1) is 5.82 Å². The highest BCUT2D eigenvalue weighted by Gasteiger charge is 2.13. The van der Waals surface area contributed by atoms with E-state index < -0.39 is 5.82 Å². The Hall–Kier alpha value is -2.63. The van der Waals surface area contributed by atoms with Gasteiger partial charge in [-0.05, 0) is 18.2 Å². The molecule has 0 fully saturated rings. The molecular formula is C13H11FN4O. The van der Waals surface area contributed by atoms with Crippen LogP contribution in [0.2, 0.25) is 0 Å². The number of nitrogen functional groups attached to an aromatic ring is 1. The van der Waals surface area contributed by atoms with Gasteiger partial charge in [-0.2, -0.15) is 0 Å². The van der Waals surface area contributed by atoms with Gasteiger partial charge in [0.05, 0.1) is 13.3 Å². The molecule has 0 bridgehead atoms. The van der Waals surface area contributed by atoms with E-state index in [0.29, 0.717) is 22.7 Å². The average molecular weight is 258 g/mol. The van der Waals surface area contributed by atoms with E-state index in [4.69, 9.17) is 10.5 Å². The molecule has 0 spiro atoms. The molecule has 5 nitrogen and oxygen atoms in total. The number of methoxy groups -OCH3 is 1. The molecule has 3 aromatic rings. The Bertz CT molecular complexity index is 753. The van der Waals surface area contributed by atoms with Crippen LogP contribution in [0.5, 0.6) is 5.88 Å². The third-order valence-corrected chi connectivity index (χ3v) is 2.89. The van der Waals surface area contributed by atoms with E-state index in [1.807, 2.05) is 0 Å². The van der Waals surface area contributed by atoms with Gasteiger partial charge in [-0.3, -0.25) is 4.40 Å². The summed E-state index contributed by atoms with van der Waals surface area (Å²) in [5, 5.41) is 0. The normalized spacial score (nSPS) is 10.8. The predicted molar refractivity (Wildman–Crippen MR) is 69.3 cm³/mol. The lowest BCUT2D eigenvalue weighted by Gasteiger charge is -2.09. The molecular weight excluding hydrogens is 247 g/mol. The maximum atomic E-state index is 13.9. The number of imidazole rings is 1. The number of fused-ring (bicyclic) bond motifs is 1. The molecule has 3 heterocycles. The highest BCUT2D eigenvalue weighted by atomic mass is 19.1. The molecule has 0 saturated carbocycles. The summed E-state index contributed by atoms with van der Waals surface area (Å²) in [6.45, 7) is 0. The van der Waals surface area contributed by atoms with Crippen LogP contribution in [0.3, 0.4) is 0 Å². The van der Waals surface area contributed by atoms with Gasteiger partial charge in [0.2, 0.25) is 0 Å². The molecule has 3 aromatic heterocycles. The van der Waals surface area contributed by atoms with Crippen molar-refractivity contribution < 1.29 is 9.13 Å². The summed E-state index contributed by atoms with van der Waals surface area (Å²) in [5.74, 6) is 0.444. The van der Waals surface area contributed by atoms with Gasteiger partial charge in [-0.15, -0.1) is 0 Å². The summed E-state index contributed by atoms with van der Waals surface area (Å²) >= 11 is 0. The predicted octanol–water partition coefficient (Wildman–Crippen LogP) is 2.13. The molecule has 6 heteroatoms. The lowest BCUT2D eigenvalue weighted by Crippen LogP contribution is -1.98. The molecule has 0 aliphatic carbocycles. The van der Waals surface area contributed by atoms with E-state index in [0.717, 1.165) is 6.20 Å². The van der Waals surface area contributed by atoms with Crippen molar-refractivity contribution in [1.82, 2.24) is 14.4 Å². The Balaban J connectivity index is 2.31. The van der Waals surface area contributed by atoms with Gasteiger partial charge in [0.1, 0.15) is 17.3 Å². The number of aromatic nitrogens is 3. The number of hydrogen-bond acceptors (Lipinski definition) is 4. The standard InChI is InChI=1S/C13H11FN4O/c1-19-12-3-2-8(13-16-4-5-18(12)13)9-6-11(15)17-7-10(9)14/h2-7H,1H3,(H2,15,17). The highest BCUT2D eigenvalue weighted by molar-refractivity contribution is 5.79. The van der Waals surface area contributed by atoms with Crippen molar-refractivity contribution in [3.8, 4) is 17.0 Å². The number of nitrogens with zero attached hydrogens (tertiary/aromatic N) is 3. The zero-order valence-electron chi connectivity index (χ0n) is 10.2. The van der Waals surface area contributed by atoms with E-state index in [1.54, 1.807) is 36.0 Å². The first-order chi connectivity index (χ1) is 9.20. The monoisotopic (exact) mass is 258 g/mol. The third-order valence-electron chi connectivity index (χ3n) is 2.89. The Kier molecular flexibility index (Phi) is 2.56. The molecule has 0 atom stereocenters. The number of anilines is 1. The largest absolute Gasteiger partial charge is 0.482 e. The highest BCUT2D eigenvalue weighted by Crippen LogP contribution is 2.29. The molecule has 2 N–H and O–H groups in total. The summed E-state index contributed by atoms with van der Waals surface area (Å²) < 4.78 is 20.8. The Morgan fingerprint density at radius 3 is 2.89 bits per heavy atom. The van der Waals surface area contributed by atoms with Crippen molar-refractivity contribution in [3.05, 3.63) is 42.6 Å². The van der Waals surface area contributed by atoms with E-state index in [-0.39, 0.29) is 5.82 Å². The zero-order chi connectivity index (χ0) is 13.4. The van der Waals surface area contributed by atoms with E-state index in [9.17, 15) is 4.39 Å². The van der Waals surface area contributed by atoms with Crippen molar-refractivity contribution >= 4 is 11.5 Å². The first kappa shape index (κ1) is 11.5. The van der Waals surface area contributed by atoms with E-state index >= 15 is 0 Å². The van der Waals surface area contributed by atoms with Gasteiger partial charge < -0.3 is 10.5 Å². The molecule has 19 heavy (non-hydrogen) atoms. The fourth-order valence-electron chi connectivity index (χ4n) is 2.03. The number of pyridine rings is 2. The molecule has 0 radical (unpaired) electrons. The second kappa shape index (κ2) is 4.24. The van der Waals surface area contributed by atoms with Crippen molar-refractivity contribution in [2.24, 2.45) is 0 Å². The molecule has 0 amide bonds. The van der Waals surface area contributed by atoms with Crippen LogP contribution >= 0.6 is 0 Å². The van der Waals surface area contributed by atoms with E-state index in [1.165, 1.54) is 6.07 Å². The zero-order valence-corrected chi connectivity index (χ0v) is 10.2. The van der Waals surface area contributed by atoms with Crippen molar-refractivity contribution in [1.29, 1.82) is 0 Å². The Morgan fingerprint density at radius 2 is 2.11 bits per heavy atom. The number of rotatable bonds is 2. The molecule has 0 saturated heterocycles.